The Labute approximate surface area is 224 Å². The third kappa shape index (κ3) is 6.15. The highest BCUT2D eigenvalue weighted by molar-refractivity contribution is 7.98. The summed E-state index contributed by atoms with van der Waals surface area (Å²) in [5.41, 5.74) is 6.04. The predicted octanol–water partition coefficient (Wildman–Crippen LogP) is 6.77. The number of H-pyrrole nitrogens is 1. The molecule has 0 atom stereocenters. The molecule has 8 heteroatoms. The van der Waals surface area contributed by atoms with Crippen molar-refractivity contribution in [1.82, 2.24) is 15.0 Å². The smallest absolute Gasteiger partial charge is 0.335 e. The number of nitrogens with one attached hydrogen (secondary N) is 1. The zero-order chi connectivity index (χ0) is 26.3. The molecule has 0 spiro atoms. The van der Waals surface area contributed by atoms with Gasteiger partial charge in [0.2, 0.25) is 0 Å². The number of hydrogen-bond acceptors (Lipinski definition) is 6. The SMILES string of the molecule is Cc1c(OCCCOc2ccc(-c3cccc(C(=O)O)c3)cc2)ccnc1CSc1nc2ccccc2[nH]1. The number of nitrogens with zero attached hydrogens (tertiary/aromatic N) is 2. The summed E-state index contributed by atoms with van der Waals surface area (Å²) in [4.78, 5) is 23.7. The first kappa shape index (κ1) is 25.4. The monoisotopic (exact) mass is 525 g/mol. The number of pyridine rings is 1. The molecular formula is C30H27N3O4S. The summed E-state index contributed by atoms with van der Waals surface area (Å²) >= 11 is 1.62. The Hall–Kier alpha value is -4.30. The normalized spacial score (nSPS) is 11.0. The van der Waals surface area contributed by atoms with E-state index in [2.05, 4.69) is 15.0 Å². The molecule has 0 aliphatic carbocycles. The van der Waals surface area contributed by atoms with Gasteiger partial charge in [-0.25, -0.2) is 9.78 Å². The van der Waals surface area contributed by atoms with Gasteiger partial charge >= 0.3 is 5.97 Å². The van der Waals surface area contributed by atoms with Gasteiger partial charge in [-0.3, -0.25) is 4.98 Å². The van der Waals surface area contributed by atoms with Crippen molar-refractivity contribution in [3.8, 4) is 22.6 Å². The van der Waals surface area contributed by atoms with Crippen molar-refractivity contribution in [1.29, 1.82) is 0 Å². The lowest BCUT2D eigenvalue weighted by molar-refractivity contribution is 0.0697. The lowest BCUT2D eigenvalue weighted by atomic mass is 10.0. The summed E-state index contributed by atoms with van der Waals surface area (Å²) < 4.78 is 11.9. The second kappa shape index (κ2) is 11.8. The third-order valence-electron chi connectivity index (χ3n) is 6.08. The van der Waals surface area contributed by atoms with Crippen molar-refractivity contribution < 1.29 is 19.4 Å². The van der Waals surface area contributed by atoms with E-state index < -0.39 is 5.97 Å². The number of rotatable bonds is 11. The number of aromatic carboxylic acids is 1. The quantitative estimate of drug-likeness (QED) is 0.145. The van der Waals surface area contributed by atoms with Gasteiger partial charge in [-0.2, -0.15) is 0 Å². The summed E-state index contributed by atoms with van der Waals surface area (Å²) in [6.45, 7) is 3.08. The Bertz CT molecular complexity index is 1520. The summed E-state index contributed by atoms with van der Waals surface area (Å²) in [5.74, 6) is 1.35. The first-order chi connectivity index (χ1) is 18.6. The summed E-state index contributed by atoms with van der Waals surface area (Å²) in [5, 5.41) is 10.1. The molecule has 5 aromatic rings. The molecule has 0 amide bonds. The molecular weight excluding hydrogens is 498 g/mol. The van der Waals surface area contributed by atoms with E-state index in [-0.39, 0.29) is 5.56 Å². The highest BCUT2D eigenvalue weighted by Gasteiger charge is 2.10. The van der Waals surface area contributed by atoms with Crippen LogP contribution >= 0.6 is 11.8 Å². The zero-order valence-corrected chi connectivity index (χ0v) is 21.7. The van der Waals surface area contributed by atoms with Gasteiger partial charge in [-0.15, -0.1) is 0 Å². The van der Waals surface area contributed by atoms with Crippen LogP contribution in [0.2, 0.25) is 0 Å². The van der Waals surface area contributed by atoms with E-state index in [0.29, 0.717) is 19.0 Å². The van der Waals surface area contributed by atoms with Crippen LogP contribution in [0.15, 0.2) is 90.2 Å². The number of carbonyl (C=O) groups is 1. The minimum atomic E-state index is -0.936. The van der Waals surface area contributed by atoms with Gasteiger partial charge < -0.3 is 19.6 Å². The number of thioether (sulfide) groups is 1. The van der Waals surface area contributed by atoms with Crippen molar-refractivity contribution in [3.63, 3.8) is 0 Å². The number of hydrogen-bond donors (Lipinski definition) is 2. The molecule has 192 valence electrons. The second-order valence-corrected chi connectivity index (χ2v) is 9.65. The first-order valence-electron chi connectivity index (χ1n) is 12.3. The number of para-hydroxylation sites is 2. The number of benzene rings is 3. The second-order valence-electron chi connectivity index (χ2n) is 8.69. The molecule has 2 aromatic heterocycles. The summed E-state index contributed by atoms with van der Waals surface area (Å²) in [6, 6.07) is 24.4. The van der Waals surface area contributed by atoms with Gasteiger partial charge in [0.05, 0.1) is 35.5 Å². The van der Waals surface area contributed by atoms with Crippen LogP contribution in [0.4, 0.5) is 0 Å². The fourth-order valence-corrected chi connectivity index (χ4v) is 4.91. The van der Waals surface area contributed by atoms with E-state index in [1.165, 1.54) is 0 Å². The molecule has 0 unspecified atom stereocenters. The van der Waals surface area contributed by atoms with Gasteiger partial charge in [-0.05, 0) is 60.5 Å². The number of carboxylic acid groups (broad SMARTS) is 1. The fraction of sp³-hybridized carbons (Fsp3) is 0.167. The molecule has 0 aliphatic heterocycles. The predicted molar refractivity (Wildman–Crippen MR) is 149 cm³/mol. The maximum absolute atomic E-state index is 11.2. The number of imidazole rings is 1. The van der Waals surface area contributed by atoms with Crippen molar-refractivity contribution in [2.24, 2.45) is 0 Å². The Kier molecular flexibility index (Phi) is 7.89. The van der Waals surface area contributed by atoms with E-state index in [4.69, 9.17) is 9.47 Å². The Morgan fingerprint density at radius 2 is 1.76 bits per heavy atom. The lowest BCUT2D eigenvalue weighted by Crippen LogP contribution is -2.06. The third-order valence-corrected chi connectivity index (χ3v) is 6.97. The molecule has 3 aromatic carbocycles. The highest BCUT2D eigenvalue weighted by Crippen LogP contribution is 2.27. The topological polar surface area (TPSA) is 97.3 Å². The summed E-state index contributed by atoms with van der Waals surface area (Å²) in [7, 11) is 0. The minimum Gasteiger partial charge on any atom is -0.493 e. The Morgan fingerprint density at radius 1 is 0.947 bits per heavy atom. The Morgan fingerprint density at radius 3 is 2.58 bits per heavy atom. The largest absolute Gasteiger partial charge is 0.493 e. The first-order valence-corrected chi connectivity index (χ1v) is 13.3. The molecule has 0 saturated heterocycles. The molecule has 0 aliphatic rings. The number of aromatic amines is 1. The van der Waals surface area contributed by atoms with Crippen LogP contribution in [0.1, 0.15) is 28.0 Å². The van der Waals surface area contributed by atoms with E-state index >= 15 is 0 Å². The van der Waals surface area contributed by atoms with Crippen LogP contribution in [0.25, 0.3) is 22.2 Å². The van der Waals surface area contributed by atoms with Gasteiger partial charge in [0.25, 0.3) is 0 Å². The van der Waals surface area contributed by atoms with Gasteiger partial charge in [0.15, 0.2) is 5.16 Å². The number of ether oxygens (including phenoxy) is 2. The van der Waals surface area contributed by atoms with Crippen molar-refractivity contribution in [2.45, 2.75) is 24.3 Å². The van der Waals surface area contributed by atoms with E-state index in [9.17, 15) is 9.90 Å². The van der Waals surface area contributed by atoms with E-state index in [1.54, 1.807) is 36.2 Å². The minimum absolute atomic E-state index is 0.268. The van der Waals surface area contributed by atoms with Gasteiger partial charge in [-0.1, -0.05) is 48.2 Å². The van der Waals surface area contributed by atoms with Crippen LogP contribution < -0.4 is 9.47 Å². The van der Waals surface area contributed by atoms with Crippen LogP contribution in [0, 0.1) is 6.92 Å². The summed E-state index contributed by atoms with van der Waals surface area (Å²) in [6.07, 6.45) is 2.51. The van der Waals surface area contributed by atoms with Crippen LogP contribution in [0.5, 0.6) is 11.5 Å². The van der Waals surface area contributed by atoms with E-state index in [0.717, 1.165) is 56.5 Å². The van der Waals surface area contributed by atoms with Crippen molar-refractivity contribution >= 4 is 28.8 Å². The zero-order valence-electron chi connectivity index (χ0n) is 20.9. The maximum atomic E-state index is 11.2. The molecule has 7 nitrogen and oxygen atoms in total. The lowest BCUT2D eigenvalue weighted by Gasteiger charge is -2.12. The fourth-order valence-electron chi connectivity index (χ4n) is 4.00. The van der Waals surface area contributed by atoms with Gasteiger partial charge in [0, 0.05) is 23.9 Å². The van der Waals surface area contributed by atoms with Crippen molar-refractivity contribution in [2.75, 3.05) is 13.2 Å². The standard InChI is InChI=1S/C30H27N3O4S/c1-20-27(19-38-30-32-25-8-2-3-9-26(25)33-30)31-15-14-28(20)37-17-5-16-36-24-12-10-21(11-13-24)22-6-4-7-23(18-22)29(34)35/h2-4,6-15,18H,5,16-17,19H2,1H3,(H,32,33)(H,34,35). The molecule has 2 N–H and O–H groups in total. The maximum Gasteiger partial charge on any atom is 0.335 e. The molecule has 0 saturated carbocycles. The molecule has 0 radical (unpaired) electrons. The number of aromatic nitrogens is 3. The van der Waals surface area contributed by atoms with E-state index in [1.807, 2.05) is 67.6 Å². The van der Waals surface area contributed by atoms with Crippen LogP contribution in [-0.2, 0) is 5.75 Å². The number of fused-ring (bicyclic) bond motifs is 1. The molecule has 0 bridgehead atoms. The molecule has 38 heavy (non-hydrogen) atoms. The molecule has 0 fully saturated rings. The number of carboxylic acids is 1. The van der Waals surface area contributed by atoms with Crippen LogP contribution in [0.3, 0.4) is 0 Å². The highest BCUT2D eigenvalue weighted by atomic mass is 32.2. The molecule has 5 rings (SSSR count). The van der Waals surface area contributed by atoms with Gasteiger partial charge in [0.1, 0.15) is 11.5 Å². The Balaban J connectivity index is 1.09. The van der Waals surface area contributed by atoms with Crippen molar-refractivity contribution in [3.05, 3.63) is 102 Å². The van der Waals surface area contributed by atoms with Crippen LogP contribution in [-0.4, -0.2) is 39.2 Å². The molecule has 2 heterocycles. The average Bonchev–Trinajstić information content (AvgIpc) is 3.36. The average molecular weight is 526 g/mol.